The molecule has 1 saturated heterocycles. The van der Waals surface area contributed by atoms with E-state index in [9.17, 15) is 0 Å². The summed E-state index contributed by atoms with van der Waals surface area (Å²) >= 11 is 0. The molecular weight excluding hydrogens is 244 g/mol. The molecular formula is C13H24N4O2. The fourth-order valence-corrected chi connectivity index (χ4v) is 2.19. The van der Waals surface area contributed by atoms with Gasteiger partial charge in [-0.05, 0) is 32.7 Å². The van der Waals surface area contributed by atoms with Gasteiger partial charge in [0.2, 0.25) is 5.89 Å². The van der Waals surface area contributed by atoms with E-state index in [1.807, 2.05) is 0 Å². The van der Waals surface area contributed by atoms with Crippen molar-refractivity contribution in [2.24, 2.45) is 0 Å². The lowest BCUT2D eigenvalue weighted by molar-refractivity contribution is 0.115. The van der Waals surface area contributed by atoms with E-state index < -0.39 is 0 Å². The van der Waals surface area contributed by atoms with Crippen LogP contribution >= 0.6 is 0 Å². The van der Waals surface area contributed by atoms with Crippen LogP contribution in [0.15, 0.2) is 4.42 Å². The molecule has 108 valence electrons. The van der Waals surface area contributed by atoms with Gasteiger partial charge in [-0.15, -0.1) is 5.10 Å². The Kier molecular flexibility index (Phi) is 5.60. The molecule has 6 nitrogen and oxygen atoms in total. The molecule has 1 N–H and O–H groups in total. The molecule has 6 heteroatoms. The summed E-state index contributed by atoms with van der Waals surface area (Å²) in [6.07, 6.45) is 3.67. The van der Waals surface area contributed by atoms with E-state index in [2.05, 4.69) is 34.3 Å². The number of rotatable bonds is 8. The zero-order chi connectivity index (χ0) is 13.5. The standard InChI is InChI=1S/C13H24N4O2/c1-3-7-14-9-12-15-16-13(19-12)17(4-2)10-11-6-5-8-18-11/h11,14H,3-10H2,1-2H3. The van der Waals surface area contributed by atoms with E-state index >= 15 is 0 Å². The molecule has 1 aromatic heterocycles. The highest BCUT2D eigenvalue weighted by molar-refractivity contribution is 5.24. The number of nitrogens with one attached hydrogen (secondary N) is 1. The zero-order valence-corrected chi connectivity index (χ0v) is 11.9. The second kappa shape index (κ2) is 7.45. The number of ether oxygens (including phenoxy) is 1. The van der Waals surface area contributed by atoms with E-state index in [1.165, 1.54) is 0 Å². The minimum absolute atomic E-state index is 0.300. The molecule has 0 saturated carbocycles. The third-order valence-electron chi connectivity index (χ3n) is 3.26. The zero-order valence-electron chi connectivity index (χ0n) is 11.9. The molecule has 0 aliphatic carbocycles. The highest BCUT2D eigenvalue weighted by atomic mass is 16.5. The fourth-order valence-electron chi connectivity index (χ4n) is 2.19. The molecule has 0 spiro atoms. The lowest BCUT2D eigenvalue weighted by Crippen LogP contribution is -2.32. The lowest BCUT2D eigenvalue weighted by atomic mass is 10.2. The predicted molar refractivity (Wildman–Crippen MR) is 73.2 cm³/mol. The van der Waals surface area contributed by atoms with E-state index in [0.717, 1.165) is 45.5 Å². The Hall–Kier alpha value is -1.14. The van der Waals surface area contributed by atoms with Crippen LogP contribution in [0.1, 0.15) is 39.0 Å². The molecule has 2 heterocycles. The molecule has 1 aliphatic heterocycles. The molecule has 0 bridgehead atoms. The highest BCUT2D eigenvalue weighted by Crippen LogP contribution is 2.18. The quantitative estimate of drug-likeness (QED) is 0.722. The summed E-state index contributed by atoms with van der Waals surface area (Å²) < 4.78 is 11.3. The largest absolute Gasteiger partial charge is 0.407 e. The fraction of sp³-hybridized carbons (Fsp3) is 0.846. The normalized spacial score (nSPS) is 18.9. The summed E-state index contributed by atoms with van der Waals surface area (Å²) in [5, 5.41) is 11.4. The third kappa shape index (κ3) is 4.18. The molecule has 0 aromatic carbocycles. The smallest absolute Gasteiger partial charge is 0.318 e. The molecule has 1 aromatic rings. The molecule has 0 amide bonds. The maximum atomic E-state index is 5.68. The minimum Gasteiger partial charge on any atom is -0.407 e. The van der Waals surface area contributed by atoms with Gasteiger partial charge in [-0.25, -0.2) is 0 Å². The van der Waals surface area contributed by atoms with Crippen molar-refractivity contribution in [1.29, 1.82) is 0 Å². The molecule has 1 aliphatic rings. The van der Waals surface area contributed by atoms with Crippen LogP contribution in [0.5, 0.6) is 0 Å². The first-order valence-electron chi connectivity index (χ1n) is 7.23. The molecule has 2 rings (SSSR count). The van der Waals surface area contributed by atoms with Gasteiger partial charge in [-0.1, -0.05) is 12.0 Å². The van der Waals surface area contributed by atoms with Crippen LogP contribution in [0.25, 0.3) is 0 Å². The van der Waals surface area contributed by atoms with Gasteiger partial charge in [0.15, 0.2) is 0 Å². The number of hydrogen-bond donors (Lipinski definition) is 1. The monoisotopic (exact) mass is 268 g/mol. The van der Waals surface area contributed by atoms with Gasteiger partial charge in [0.05, 0.1) is 12.6 Å². The summed E-state index contributed by atoms with van der Waals surface area (Å²) in [6, 6.07) is 0.603. The topological polar surface area (TPSA) is 63.4 Å². The Balaban J connectivity index is 1.86. The van der Waals surface area contributed by atoms with Crippen molar-refractivity contribution in [2.75, 3.05) is 31.1 Å². The second-order valence-corrected chi connectivity index (χ2v) is 4.83. The van der Waals surface area contributed by atoms with Crippen molar-refractivity contribution in [3.8, 4) is 0 Å². The van der Waals surface area contributed by atoms with Gasteiger partial charge in [-0.3, -0.25) is 0 Å². The summed E-state index contributed by atoms with van der Waals surface area (Å²) in [4.78, 5) is 2.09. The first-order chi connectivity index (χ1) is 9.33. The maximum Gasteiger partial charge on any atom is 0.318 e. The molecule has 0 radical (unpaired) electrons. The van der Waals surface area contributed by atoms with Crippen LogP contribution in [0.3, 0.4) is 0 Å². The average molecular weight is 268 g/mol. The summed E-state index contributed by atoms with van der Waals surface area (Å²) in [7, 11) is 0. The molecule has 1 fully saturated rings. The van der Waals surface area contributed by atoms with Crippen LogP contribution in [-0.4, -0.2) is 42.5 Å². The van der Waals surface area contributed by atoms with Gasteiger partial charge >= 0.3 is 6.01 Å². The van der Waals surface area contributed by atoms with E-state index in [4.69, 9.17) is 9.15 Å². The summed E-state index contributed by atoms with van der Waals surface area (Å²) in [5.41, 5.74) is 0. The minimum atomic E-state index is 0.300. The van der Waals surface area contributed by atoms with Crippen molar-refractivity contribution >= 4 is 6.01 Å². The van der Waals surface area contributed by atoms with Crippen molar-refractivity contribution in [2.45, 2.75) is 45.8 Å². The van der Waals surface area contributed by atoms with Gasteiger partial charge < -0.3 is 19.4 Å². The van der Waals surface area contributed by atoms with Gasteiger partial charge in [0.1, 0.15) is 0 Å². The Morgan fingerprint density at radius 1 is 1.37 bits per heavy atom. The van der Waals surface area contributed by atoms with Crippen LogP contribution in [0, 0.1) is 0 Å². The average Bonchev–Trinajstić information content (AvgIpc) is 3.07. The highest BCUT2D eigenvalue weighted by Gasteiger charge is 2.21. The number of aromatic nitrogens is 2. The second-order valence-electron chi connectivity index (χ2n) is 4.83. The van der Waals surface area contributed by atoms with Crippen LogP contribution in [-0.2, 0) is 11.3 Å². The Labute approximate surface area is 114 Å². The first-order valence-corrected chi connectivity index (χ1v) is 7.23. The number of likely N-dealkylation sites (N-methyl/N-ethyl adjacent to an activating group) is 1. The number of anilines is 1. The lowest BCUT2D eigenvalue weighted by Gasteiger charge is -2.21. The van der Waals surface area contributed by atoms with Crippen LogP contribution < -0.4 is 10.2 Å². The van der Waals surface area contributed by atoms with Crippen molar-refractivity contribution in [3.63, 3.8) is 0 Å². The van der Waals surface area contributed by atoms with E-state index in [0.29, 0.717) is 24.6 Å². The molecule has 19 heavy (non-hydrogen) atoms. The third-order valence-corrected chi connectivity index (χ3v) is 3.26. The van der Waals surface area contributed by atoms with Crippen LogP contribution in [0.4, 0.5) is 6.01 Å². The first kappa shape index (κ1) is 14.3. The molecule has 1 unspecified atom stereocenters. The van der Waals surface area contributed by atoms with Gasteiger partial charge in [0.25, 0.3) is 0 Å². The Morgan fingerprint density at radius 3 is 2.95 bits per heavy atom. The summed E-state index contributed by atoms with van der Waals surface area (Å²) in [5.74, 6) is 0.647. The number of hydrogen-bond acceptors (Lipinski definition) is 6. The Morgan fingerprint density at radius 2 is 2.26 bits per heavy atom. The summed E-state index contributed by atoms with van der Waals surface area (Å²) in [6.45, 7) is 8.38. The SMILES string of the molecule is CCCNCc1nnc(N(CC)CC2CCCO2)o1. The Bertz CT molecular complexity index is 363. The van der Waals surface area contributed by atoms with Gasteiger partial charge in [0, 0.05) is 19.7 Å². The van der Waals surface area contributed by atoms with Gasteiger partial charge in [-0.2, -0.15) is 0 Å². The van der Waals surface area contributed by atoms with Crippen LogP contribution in [0.2, 0.25) is 0 Å². The van der Waals surface area contributed by atoms with E-state index in [-0.39, 0.29) is 0 Å². The van der Waals surface area contributed by atoms with Crippen molar-refractivity contribution in [3.05, 3.63) is 5.89 Å². The molecule has 1 atom stereocenters. The predicted octanol–water partition coefficient (Wildman–Crippen LogP) is 1.57. The van der Waals surface area contributed by atoms with Crippen molar-refractivity contribution < 1.29 is 9.15 Å². The number of nitrogens with zero attached hydrogens (tertiary/aromatic N) is 3. The maximum absolute atomic E-state index is 5.68. The van der Waals surface area contributed by atoms with E-state index in [1.54, 1.807) is 0 Å². The van der Waals surface area contributed by atoms with Crippen molar-refractivity contribution in [1.82, 2.24) is 15.5 Å².